The molecule has 0 fully saturated rings. The zero-order valence-electron chi connectivity index (χ0n) is 10.4. The maximum Gasteiger partial charge on any atom is 0.188 e. The maximum atomic E-state index is 11.9. The van der Waals surface area contributed by atoms with Crippen molar-refractivity contribution < 1.29 is 4.79 Å². The molecule has 0 spiro atoms. The lowest BCUT2D eigenvalue weighted by Crippen LogP contribution is -2.13. The van der Waals surface area contributed by atoms with Gasteiger partial charge in [0, 0.05) is 18.2 Å². The van der Waals surface area contributed by atoms with Gasteiger partial charge >= 0.3 is 0 Å². The second-order valence-electron chi connectivity index (χ2n) is 3.72. The van der Waals surface area contributed by atoms with E-state index in [9.17, 15) is 4.79 Å². The average molecular weight is 249 g/mol. The lowest BCUT2D eigenvalue weighted by atomic mass is 10.1. The summed E-state index contributed by atoms with van der Waals surface area (Å²) >= 11 is 1.57. The minimum absolute atomic E-state index is 0.0546. The highest BCUT2D eigenvalue weighted by Gasteiger charge is 2.03. The zero-order chi connectivity index (χ0) is 12.5. The molecule has 0 atom stereocenters. The maximum absolute atomic E-state index is 11.9. The molecule has 0 unspecified atom stereocenters. The van der Waals surface area contributed by atoms with E-state index in [2.05, 4.69) is 12.2 Å². The lowest BCUT2D eigenvalue weighted by molar-refractivity contribution is 0.104. The molecular weight excluding hydrogens is 230 g/mol. The number of hydrogen-bond acceptors (Lipinski definition) is 3. The lowest BCUT2D eigenvalue weighted by Gasteiger charge is -2.07. The van der Waals surface area contributed by atoms with Gasteiger partial charge in [0.2, 0.25) is 0 Å². The largest absolute Gasteiger partial charge is 0.380 e. The standard InChI is InChI=1S/C14H19NOS/c1-3-4-10-15-14(17-2)11-13(16)12-8-6-5-7-9-12/h5-9,11,15H,3-4,10H2,1-2H3/b14-11-. The van der Waals surface area contributed by atoms with E-state index >= 15 is 0 Å². The second-order valence-corrected chi connectivity index (χ2v) is 4.57. The van der Waals surface area contributed by atoms with Gasteiger partial charge in [-0.3, -0.25) is 4.79 Å². The van der Waals surface area contributed by atoms with Gasteiger partial charge in [0.25, 0.3) is 0 Å². The molecule has 17 heavy (non-hydrogen) atoms. The third-order valence-corrected chi connectivity index (χ3v) is 3.07. The fourth-order valence-corrected chi connectivity index (χ4v) is 1.85. The van der Waals surface area contributed by atoms with Crippen LogP contribution >= 0.6 is 11.8 Å². The van der Waals surface area contributed by atoms with Crippen molar-refractivity contribution in [2.45, 2.75) is 19.8 Å². The van der Waals surface area contributed by atoms with E-state index in [4.69, 9.17) is 0 Å². The number of benzene rings is 1. The van der Waals surface area contributed by atoms with Crippen LogP contribution in [-0.4, -0.2) is 18.6 Å². The first kappa shape index (κ1) is 13.8. The minimum Gasteiger partial charge on any atom is -0.380 e. The summed E-state index contributed by atoms with van der Waals surface area (Å²) in [6.07, 6.45) is 5.93. The van der Waals surface area contributed by atoms with Gasteiger partial charge in [-0.05, 0) is 12.7 Å². The smallest absolute Gasteiger partial charge is 0.188 e. The number of nitrogens with one attached hydrogen (secondary N) is 1. The predicted octanol–water partition coefficient (Wildman–Crippen LogP) is 3.46. The summed E-state index contributed by atoms with van der Waals surface area (Å²) in [6, 6.07) is 9.34. The molecule has 0 saturated carbocycles. The first-order valence-electron chi connectivity index (χ1n) is 5.87. The molecule has 92 valence electrons. The van der Waals surface area contributed by atoms with Gasteiger partial charge in [-0.1, -0.05) is 43.7 Å². The molecular formula is C14H19NOS. The summed E-state index contributed by atoms with van der Waals surface area (Å²) in [4.78, 5) is 11.9. The Hall–Kier alpha value is -1.22. The highest BCUT2D eigenvalue weighted by Crippen LogP contribution is 2.10. The highest BCUT2D eigenvalue weighted by atomic mass is 32.2. The van der Waals surface area contributed by atoms with E-state index in [0.29, 0.717) is 0 Å². The molecule has 1 aromatic rings. The van der Waals surface area contributed by atoms with Gasteiger partial charge in [-0.15, -0.1) is 11.8 Å². The monoisotopic (exact) mass is 249 g/mol. The molecule has 0 radical (unpaired) electrons. The summed E-state index contributed by atoms with van der Waals surface area (Å²) in [5.74, 6) is 0.0546. The molecule has 0 aliphatic carbocycles. The summed E-state index contributed by atoms with van der Waals surface area (Å²) in [6.45, 7) is 3.07. The quantitative estimate of drug-likeness (QED) is 0.456. The van der Waals surface area contributed by atoms with Crippen molar-refractivity contribution in [2.75, 3.05) is 12.8 Å². The summed E-state index contributed by atoms with van der Waals surface area (Å²) in [7, 11) is 0. The molecule has 0 heterocycles. The molecule has 0 aliphatic heterocycles. The van der Waals surface area contributed by atoms with Crippen molar-refractivity contribution >= 4 is 17.5 Å². The fourth-order valence-electron chi connectivity index (χ4n) is 1.38. The van der Waals surface area contributed by atoms with E-state index in [1.165, 1.54) is 0 Å². The van der Waals surface area contributed by atoms with Crippen LogP contribution in [0.3, 0.4) is 0 Å². The topological polar surface area (TPSA) is 29.1 Å². The van der Waals surface area contributed by atoms with Crippen LogP contribution in [0.25, 0.3) is 0 Å². The second kappa shape index (κ2) is 7.96. The Morgan fingerprint density at radius 1 is 1.35 bits per heavy atom. The van der Waals surface area contributed by atoms with Crippen molar-refractivity contribution in [3.8, 4) is 0 Å². The van der Waals surface area contributed by atoms with E-state index in [1.807, 2.05) is 36.6 Å². The van der Waals surface area contributed by atoms with E-state index < -0.39 is 0 Å². The number of unbranched alkanes of at least 4 members (excludes halogenated alkanes) is 1. The molecule has 1 N–H and O–H groups in total. The number of carbonyl (C=O) groups is 1. The van der Waals surface area contributed by atoms with Gasteiger partial charge in [-0.25, -0.2) is 0 Å². The van der Waals surface area contributed by atoms with Crippen LogP contribution < -0.4 is 5.32 Å². The van der Waals surface area contributed by atoms with Gasteiger partial charge < -0.3 is 5.32 Å². The Kier molecular flexibility index (Phi) is 6.48. The number of allylic oxidation sites excluding steroid dienone is 1. The average Bonchev–Trinajstić information content (AvgIpc) is 2.38. The molecule has 1 rings (SSSR count). The fraction of sp³-hybridized carbons (Fsp3) is 0.357. The number of hydrogen-bond donors (Lipinski definition) is 1. The van der Waals surface area contributed by atoms with Crippen molar-refractivity contribution in [3.63, 3.8) is 0 Å². The Morgan fingerprint density at radius 3 is 2.65 bits per heavy atom. The molecule has 0 saturated heterocycles. The predicted molar refractivity (Wildman–Crippen MR) is 75.3 cm³/mol. The summed E-state index contributed by atoms with van der Waals surface area (Å²) < 4.78 is 0. The van der Waals surface area contributed by atoms with Crippen LogP contribution in [0.4, 0.5) is 0 Å². The van der Waals surface area contributed by atoms with Gasteiger partial charge in [0.05, 0.1) is 5.03 Å². The van der Waals surface area contributed by atoms with E-state index in [1.54, 1.807) is 17.8 Å². The molecule has 0 aromatic heterocycles. The van der Waals surface area contributed by atoms with Gasteiger partial charge in [0.15, 0.2) is 5.78 Å². The van der Waals surface area contributed by atoms with Gasteiger partial charge in [0.1, 0.15) is 0 Å². The number of thioether (sulfide) groups is 1. The zero-order valence-corrected chi connectivity index (χ0v) is 11.2. The Balaban J connectivity index is 2.62. The number of rotatable bonds is 7. The third-order valence-electron chi connectivity index (χ3n) is 2.37. The van der Waals surface area contributed by atoms with Crippen molar-refractivity contribution in [3.05, 3.63) is 47.0 Å². The summed E-state index contributed by atoms with van der Waals surface area (Å²) in [5.41, 5.74) is 0.733. The number of carbonyl (C=O) groups excluding carboxylic acids is 1. The highest BCUT2D eigenvalue weighted by molar-refractivity contribution is 8.02. The van der Waals surface area contributed by atoms with Crippen LogP contribution in [0.1, 0.15) is 30.1 Å². The molecule has 2 nitrogen and oxygen atoms in total. The van der Waals surface area contributed by atoms with Crippen LogP contribution in [0.2, 0.25) is 0 Å². The Morgan fingerprint density at radius 2 is 2.06 bits per heavy atom. The van der Waals surface area contributed by atoms with Crippen LogP contribution in [0.15, 0.2) is 41.4 Å². The first-order valence-corrected chi connectivity index (χ1v) is 7.09. The minimum atomic E-state index is 0.0546. The normalized spacial score (nSPS) is 11.3. The van der Waals surface area contributed by atoms with Gasteiger partial charge in [-0.2, -0.15) is 0 Å². The SMILES string of the molecule is CCCCN/C(=C/C(=O)c1ccccc1)SC. The molecule has 0 amide bonds. The Labute approximate surface area is 107 Å². The number of ketones is 1. The van der Waals surface area contributed by atoms with Crippen LogP contribution in [-0.2, 0) is 0 Å². The third kappa shape index (κ3) is 5.09. The molecule has 1 aromatic carbocycles. The van der Waals surface area contributed by atoms with Crippen LogP contribution in [0, 0.1) is 0 Å². The molecule has 0 aliphatic rings. The molecule has 3 heteroatoms. The van der Waals surface area contributed by atoms with Crippen molar-refractivity contribution in [1.82, 2.24) is 5.32 Å². The summed E-state index contributed by atoms with van der Waals surface area (Å²) in [5, 5.41) is 4.21. The Bertz CT molecular complexity index is 373. The van der Waals surface area contributed by atoms with Crippen molar-refractivity contribution in [1.29, 1.82) is 0 Å². The van der Waals surface area contributed by atoms with Crippen molar-refractivity contribution in [2.24, 2.45) is 0 Å². The molecule has 0 bridgehead atoms. The first-order chi connectivity index (χ1) is 8.27. The van der Waals surface area contributed by atoms with E-state index in [-0.39, 0.29) is 5.78 Å². The van der Waals surface area contributed by atoms with Crippen LogP contribution in [0.5, 0.6) is 0 Å². The van der Waals surface area contributed by atoms with E-state index in [0.717, 1.165) is 30.0 Å².